The number of Topliss-reactive ketones (excluding diaryl/α,β-unsaturated/α-hetero) is 1. The van der Waals surface area contributed by atoms with Crippen molar-refractivity contribution in [2.45, 2.75) is 46.6 Å². The Kier molecular flexibility index (Phi) is 8.02. The Balaban J connectivity index is 1.54. The minimum Gasteiger partial charge on any atom is -0.402 e. The van der Waals surface area contributed by atoms with Crippen LogP contribution in [0.4, 0.5) is 5.69 Å². The summed E-state index contributed by atoms with van der Waals surface area (Å²) in [6.07, 6.45) is 3.47. The lowest BCUT2D eigenvalue weighted by atomic mass is 10.0. The second-order valence-corrected chi connectivity index (χ2v) is 10.9. The molecular weight excluding hydrogens is 522 g/mol. The van der Waals surface area contributed by atoms with E-state index in [-0.39, 0.29) is 17.7 Å². The molecule has 0 aliphatic carbocycles. The minimum atomic E-state index is -0.173. The highest BCUT2D eigenvalue weighted by atomic mass is 16.1. The van der Waals surface area contributed by atoms with Gasteiger partial charge >= 0.3 is 0 Å². The maximum Gasteiger partial charge on any atom is 0.255 e. The average molecular weight is 558 g/mol. The number of benzene rings is 2. The number of carbonyl (C=O) groups is 2. The first kappa shape index (κ1) is 28.5. The summed E-state index contributed by atoms with van der Waals surface area (Å²) in [7, 11) is 0. The summed E-state index contributed by atoms with van der Waals surface area (Å²) in [4.78, 5) is 34.8. The molecule has 3 aromatic heterocycles. The first-order valence-corrected chi connectivity index (χ1v) is 14.1. The summed E-state index contributed by atoms with van der Waals surface area (Å²) in [5.41, 5.74) is 14.6. The van der Waals surface area contributed by atoms with Gasteiger partial charge < -0.3 is 15.6 Å². The molecule has 0 aliphatic rings. The van der Waals surface area contributed by atoms with Crippen LogP contribution >= 0.6 is 0 Å². The topological polar surface area (TPSA) is 103 Å². The number of allylic oxidation sites excluding steroid dienone is 2. The molecule has 1 amide bonds. The number of rotatable bonds is 8. The Labute approximate surface area is 246 Å². The normalized spacial score (nSPS) is 12.7. The molecule has 5 rings (SSSR count). The van der Waals surface area contributed by atoms with Crippen LogP contribution in [-0.2, 0) is 4.79 Å². The van der Waals surface area contributed by atoms with Gasteiger partial charge in [0.05, 0.1) is 28.5 Å². The maximum atomic E-state index is 13.0. The smallest absolute Gasteiger partial charge is 0.255 e. The molecule has 7 heteroatoms. The lowest BCUT2D eigenvalue weighted by Crippen LogP contribution is -2.12. The van der Waals surface area contributed by atoms with Crippen molar-refractivity contribution >= 4 is 34.0 Å². The number of aromatic nitrogens is 3. The van der Waals surface area contributed by atoms with Gasteiger partial charge in [-0.15, -0.1) is 0 Å². The fraction of sp³-hybridized carbons (Fsp3) is 0.200. The molecule has 0 aliphatic heterocycles. The number of nitrogens with one attached hydrogen (secondary N) is 1. The first-order valence-electron chi connectivity index (χ1n) is 14.1. The number of anilines is 1. The summed E-state index contributed by atoms with van der Waals surface area (Å²) in [6, 6.07) is 25.2. The van der Waals surface area contributed by atoms with E-state index < -0.39 is 0 Å². The average Bonchev–Trinajstić information content (AvgIpc) is 3.36. The molecule has 3 heterocycles. The third kappa shape index (κ3) is 5.72. The second-order valence-electron chi connectivity index (χ2n) is 10.9. The number of carbonyl (C=O) groups excluding carboxylic acids is 2. The van der Waals surface area contributed by atoms with E-state index >= 15 is 0 Å². The van der Waals surface area contributed by atoms with E-state index in [0.717, 1.165) is 33.7 Å². The van der Waals surface area contributed by atoms with Gasteiger partial charge in [-0.2, -0.15) is 0 Å². The fourth-order valence-electron chi connectivity index (χ4n) is 5.28. The number of hydrogen-bond acceptors (Lipinski definition) is 5. The zero-order valence-electron chi connectivity index (χ0n) is 24.6. The quantitative estimate of drug-likeness (QED) is 0.194. The molecule has 7 nitrogen and oxygen atoms in total. The van der Waals surface area contributed by atoms with Crippen LogP contribution in [0, 0.1) is 0 Å². The van der Waals surface area contributed by atoms with Crippen molar-refractivity contribution in [3.8, 4) is 11.3 Å². The van der Waals surface area contributed by atoms with Crippen molar-refractivity contribution in [3.05, 3.63) is 119 Å². The van der Waals surface area contributed by atoms with Crippen molar-refractivity contribution < 1.29 is 9.59 Å². The molecule has 42 heavy (non-hydrogen) atoms. The number of amides is 1. The summed E-state index contributed by atoms with van der Waals surface area (Å²) in [5, 5.41) is 2.99. The van der Waals surface area contributed by atoms with Gasteiger partial charge in [-0.3, -0.25) is 19.6 Å². The highest BCUT2D eigenvalue weighted by Gasteiger charge is 2.21. The van der Waals surface area contributed by atoms with Gasteiger partial charge in [0.2, 0.25) is 0 Å². The van der Waals surface area contributed by atoms with Crippen LogP contribution in [0.5, 0.6) is 0 Å². The molecule has 1 unspecified atom stereocenters. The standard InChI is InChI=1S/C35H35N5O2/c1-21(2)25-13-15-29(16-14-25)39-35(42)27-11-9-26(10-12-27)32-19-31-33(40(32)23(4)30-8-6-7-17-37-30)18-28(20-38-31)34(22(3)36)24(5)41/h6-21,23H,36H2,1-5H3,(H,39,42)/b34-22+. The van der Waals surface area contributed by atoms with Gasteiger partial charge in [-0.05, 0) is 86.3 Å². The van der Waals surface area contributed by atoms with Crippen molar-refractivity contribution in [1.29, 1.82) is 0 Å². The summed E-state index contributed by atoms with van der Waals surface area (Å²) in [5.74, 6) is 0.141. The zero-order chi connectivity index (χ0) is 30.0. The highest BCUT2D eigenvalue weighted by molar-refractivity contribution is 6.20. The molecule has 0 spiro atoms. The minimum absolute atomic E-state index is 0.114. The van der Waals surface area contributed by atoms with E-state index in [1.54, 1.807) is 19.3 Å². The third-order valence-electron chi connectivity index (χ3n) is 7.51. The van der Waals surface area contributed by atoms with E-state index in [9.17, 15) is 9.59 Å². The van der Waals surface area contributed by atoms with Gasteiger partial charge in [-0.1, -0.05) is 44.2 Å². The summed E-state index contributed by atoms with van der Waals surface area (Å²) < 4.78 is 2.17. The molecule has 0 saturated carbocycles. The van der Waals surface area contributed by atoms with E-state index in [2.05, 4.69) is 35.6 Å². The Morgan fingerprint density at radius 2 is 1.57 bits per heavy atom. The monoisotopic (exact) mass is 557 g/mol. The SMILES string of the molecule is CC(=O)/C(=C(/C)N)c1cnc2cc(-c3ccc(C(=O)Nc4ccc(C(C)C)cc4)cc3)n(C(C)c3ccccn3)c2c1. The van der Waals surface area contributed by atoms with Gasteiger partial charge in [0.25, 0.3) is 5.91 Å². The second kappa shape index (κ2) is 11.8. The number of nitrogens with zero attached hydrogens (tertiary/aromatic N) is 3. The molecule has 3 N–H and O–H groups in total. The number of nitrogens with two attached hydrogens (primary N) is 1. The van der Waals surface area contributed by atoms with Gasteiger partial charge in [0.1, 0.15) is 0 Å². The van der Waals surface area contributed by atoms with Crippen molar-refractivity contribution in [2.75, 3.05) is 5.32 Å². The van der Waals surface area contributed by atoms with Crippen molar-refractivity contribution in [1.82, 2.24) is 14.5 Å². The predicted molar refractivity (Wildman–Crippen MR) is 169 cm³/mol. The molecule has 2 aromatic carbocycles. The predicted octanol–water partition coefficient (Wildman–Crippen LogP) is 7.36. The van der Waals surface area contributed by atoms with Crippen LogP contribution in [0.25, 0.3) is 27.9 Å². The Morgan fingerprint density at radius 1 is 0.857 bits per heavy atom. The van der Waals surface area contributed by atoms with Crippen LogP contribution in [0.1, 0.15) is 73.8 Å². The molecule has 0 bridgehead atoms. The molecular formula is C35H35N5O2. The summed E-state index contributed by atoms with van der Waals surface area (Å²) in [6.45, 7) is 9.60. The van der Waals surface area contributed by atoms with Crippen LogP contribution in [0.2, 0.25) is 0 Å². The number of ketones is 1. The fourth-order valence-corrected chi connectivity index (χ4v) is 5.28. The van der Waals surface area contributed by atoms with Crippen LogP contribution in [0.15, 0.2) is 97.0 Å². The Hall–Kier alpha value is -5.04. The first-order chi connectivity index (χ1) is 20.1. The molecule has 0 saturated heterocycles. The third-order valence-corrected chi connectivity index (χ3v) is 7.51. The van der Waals surface area contributed by atoms with E-state index in [4.69, 9.17) is 10.7 Å². The maximum absolute atomic E-state index is 13.0. The zero-order valence-corrected chi connectivity index (χ0v) is 24.6. The lowest BCUT2D eigenvalue weighted by molar-refractivity contribution is -0.111. The van der Waals surface area contributed by atoms with Crippen LogP contribution in [0.3, 0.4) is 0 Å². The van der Waals surface area contributed by atoms with E-state index in [1.165, 1.54) is 12.5 Å². The molecule has 212 valence electrons. The summed E-state index contributed by atoms with van der Waals surface area (Å²) >= 11 is 0. The van der Waals surface area contributed by atoms with E-state index in [1.807, 2.05) is 78.9 Å². The lowest BCUT2D eigenvalue weighted by Gasteiger charge is -2.19. The van der Waals surface area contributed by atoms with Gasteiger partial charge in [0, 0.05) is 40.5 Å². The number of pyridine rings is 2. The van der Waals surface area contributed by atoms with Gasteiger partial charge in [-0.25, -0.2) is 0 Å². The molecule has 0 fully saturated rings. The van der Waals surface area contributed by atoms with Crippen LogP contribution in [-0.4, -0.2) is 26.2 Å². The van der Waals surface area contributed by atoms with Gasteiger partial charge in [0.15, 0.2) is 5.78 Å². The van der Waals surface area contributed by atoms with Crippen LogP contribution < -0.4 is 11.1 Å². The number of hydrogen-bond donors (Lipinski definition) is 2. The van der Waals surface area contributed by atoms with E-state index in [0.29, 0.717) is 28.3 Å². The van der Waals surface area contributed by atoms with Crippen molar-refractivity contribution in [2.24, 2.45) is 5.73 Å². The largest absolute Gasteiger partial charge is 0.402 e. The molecule has 1 atom stereocenters. The van der Waals surface area contributed by atoms with Crippen molar-refractivity contribution in [3.63, 3.8) is 0 Å². The molecule has 0 radical (unpaired) electrons. The highest BCUT2D eigenvalue weighted by Crippen LogP contribution is 2.34. The Morgan fingerprint density at radius 3 is 2.17 bits per heavy atom. The number of fused-ring (bicyclic) bond motifs is 1. The Bertz CT molecular complexity index is 1780. The molecule has 5 aromatic rings.